The maximum Gasteiger partial charge on any atom is 0.0453 e. The van der Waals surface area contributed by atoms with Gasteiger partial charge in [0.1, 0.15) is 0 Å². The Morgan fingerprint density at radius 2 is 1.65 bits per heavy atom. The minimum atomic E-state index is 0.240. The zero-order chi connectivity index (χ0) is 14.7. The van der Waals surface area contributed by atoms with Crippen molar-refractivity contribution in [2.45, 2.75) is 40.3 Å². The lowest BCUT2D eigenvalue weighted by atomic mass is 10.0. The minimum absolute atomic E-state index is 0.240. The predicted octanol–water partition coefficient (Wildman–Crippen LogP) is 5.12. The van der Waals surface area contributed by atoms with E-state index >= 15 is 0 Å². The molecule has 20 heavy (non-hydrogen) atoms. The van der Waals surface area contributed by atoms with Gasteiger partial charge in [-0.05, 0) is 61.6 Å². The fourth-order valence-corrected chi connectivity index (χ4v) is 2.71. The van der Waals surface area contributed by atoms with Gasteiger partial charge in [0.15, 0.2) is 0 Å². The van der Waals surface area contributed by atoms with Crippen LogP contribution >= 0.6 is 11.6 Å². The van der Waals surface area contributed by atoms with E-state index in [2.05, 4.69) is 51.2 Å². The van der Waals surface area contributed by atoms with Gasteiger partial charge < -0.3 is 5.32 Å². The molecule has 0 radical (unpaired) electrons. The maximum absolute atomic E-state index is 6.24. The monoisotopic (exact) mass is 287 g/mol. The van der Waals surface area contributed by atoms with Crippen LogP contribution in [0.4, 0.5) is 0 Å². The fourth-order valence-electron chi connectivity index (χ4n) is 2.41. The Morgan fingerprint density at radius 3 is 2.35 bits per heavy atom. The van der Waals surface area contributed by atoms with Gasteiger partial charge >= 0.3 is 0 Å². The second-order valence-electron chi connectivity index (χ2n) is 5.49. The minimum Gasteiger partial charge on any atom is -0.306 e. The van der Waals surface area contributed by atoms with Gasteiger partial charge in [-0.3, -0.25) is 0 Å². The molecule has 0 saturated carbocycles. The molecule has 0 spiro atoms. The van der Waals surface area contributed by atoms with Crippen LogP contribution in [0.3, 0.4) is 0 Å². The number of rotatable bonds is 4. The Bertz CT molecular complexity index is 604. The molecule has 2 aromatic rings. The number of benzene rings is 2. The van der Waals surface area contributed by atoms with E-state index in [0.29, 0.717) is 0 Å². The second kappa shape index (κ2) is 6.43. The SMILES string of the molecule is Cc1cc(C)c(CN[C@H](C)c2ccccc2Cl)cc1C. The van der Waals surface area contributed by atoms with E-state index in [4.69, 9.17) is 11.6 Å². The first kappa shape index (κ1) is 15.1. The van der Waals surface area contributed by atoms with Crippen molar-refractivity contribution in [2.75, 3.05) is 0 Å². The smallest absolute Gasteiger partial charge is 0.0453 e. The highest BCUT2D eigenvalue weighted by molar-refractivity contribution is 6.31. The zero-order valence-electron chi connectivity index (χ0n) is 12.6. The Morgan fingerprint density at radius 1 is 1.00 bits per heavy atom. The molecule has 0 heterocycles. The Balaban J connectivity index is 2.09. The number of aryl methyl sites for hydroxylation is 3. The largest absolute Gasteiger partial charge is 0.306 e. The van der Waals surface area contributed by atoms with Crippen molar-refractivity contribution in [3.63, 3.8) is 0 Å². The molecule has 0 unspecified atom stereocenters. The molecule has 0 saturated heterocycles. The summed E-state index contributed by atoms with van der Waals surface area (Å²) in [4.78, 5) is 0. The number of hydrogen-bond donors (Lipinski definition) is 1. The first-order valence-electron chi connectivity index (χ1n) is 7.03. The van der Waals surface area contributed by atoms with Crippen LogP contribution in [0.5, 0.6) is 0 Å². The Labute approximate surface area is 127 Å². The Kier molecular flexibility index (Phi) is 4.85. The van der Waals surface area contributed by atoms with Gasteiger partial charge in [-0.15, -0.1) is 0 Å². The average Bonchev–Trinajstić information content (AvgIpc) is 2.41. The molecule has 2 heteroatoms. The highest BCUT2D eigenvalue weighted by atomic mass is 35.5. The summed E-state index contributed by atoms with van der Waals surface area (Å²) in [5.74, 6) is 0. The summed E-state index contributed by atoms with van der Waals surface area (Å²) in [6.45, 7) is 9.50. The van der Waals surface area contributed by atoms with E-state index in [9.17, 15) is 0 Å². The fraction of sp³-hybridized carbons (Fsp3) is 0.333. The zero-order valence-corrected chi connectivity index (χ0v) is 13.4. The standard InChI is InChI=1S/C18H22ClN/c1-12-9-14(3)16(10-13(12)2)11-20-15(4)17-7-5-6-8-18(17)19/h5-10,15,20H,11H2,1-4H3/t15-/m1/s1. The van der Waals surface area contributed by atoms with E-state index in [-0.39, 0.29) is 6.04 Å². The number of halogens is 1. The summed E-state index contributed by atoms with van der Waals surface area (Å²) in [6, 6.07) is 12.8. The van der Waals surface area contributed by atoms with Crippen LogP contribution < -0.4 is 5.32 Å². The van der Waals surface area contributed by atoms with Gasteiger partial charge in [-0.1, -0.05) is 41.9 Å². The summed E-state index contributed by atoms with van der Waals surface area (Å²) in [5, 5.41) is 4.38. The van der Waals surface area contributed by atoms with Crippen molar-refractivity contribution in [1.29, 1.82) is 0 Å². The van der Waals surface area contributed by atoms with Crippen LogP contribution in [-0.4, -0.2) is 0 Å². The molecule has 1 nitrogen and oxygen atoms in total. The van der Waals surface area contributed by atoms with E-state index in [1.807, 2.05) is 18.2 Å². The molecule has 106 valence electrons. The number of hydrogen-bond acceptors (Lipinski definition) is 1. The van der Waals surface area contributed by atoms with Gasteiger partial charge in [0, 0.05) is 17.6 Å². The van der Waals surface area contributed by atoms with Crippen LogP contribution in [0, 0.1) is 20.8 Å². The first-order valence-corrected chi connectivity index (χ1v) is 7.41. The molecule has 2 aromatic carbocycles. The molecular weight excluding hydrogens is 266 g/mol. The van der Waals surface area contributed by atoms with Crippen LogP contribution in [0.15, 0.2) is 36.4 Å². The molecule has 0 aromatic heterocycles. The lowest BCUT2D eigenvalue weighted by molar-refractivity contribution is 0.573. The third-order valence-corrected chi connectivity index (χ3v) is 4.27. The van der Waals surface area contributed by atoms with E-state index in [0.717, 1.165) is 17.1 Å². The summed E-state index contributed by atoms with van der Waals surface area (Å²) >= 11 is 6.24. The highest BCUT2D eigenvalue weighted by Crippen LogP contribution is 2.23. The lowest BCUT2D eigenvalue weighted by Gasteiger charge is -2.17. The van der Waals surface area contributed by atoms with Crippen LogP contribution in [0.25, 0.3) is 0 Å². The van der Waals surface area contributed by atoms with Crippen molar-refractivity contribution in [3.8, 4) is 0 Å². The molecule has 0 aliphatic carbocycles. The highest BCUT2D eigenvalue weighted by Gasteiger charge is 2.09. The molecule has 1 N–H and O–H groups in total. The third-order valence-electron chi connectivity index (χ3n) is 3.92. The molecule has 1 atom stereocenters. The van der Waals surface area contributed by atoms with Crippen LogP contribution in [-0.2, 0) is 6.54 Å². The molecule has 0 fully saturated rings. The van der Waals surface area contributed by atoms with Crippen LogP contribution in [0.2, 0.25) is 5.02 Å². The predicted molar refractivity (Wildman–Crippen MR) is 87.4 cm³/mol. The molecule has 0 bridgehead atoms. The van der Waals surface area contributed by atoms with Crippen molar-refractivity contribution >= 4 is 11.6 Å². The summed E-state index contributed by atoms with van der Waals surface area (Å²) in [7, 11) is 0. The quantitative estimate of drug-likeness (QED) is 0.823. The van der Waals surface area contributed by atoms with Crippen molar-refractivity contribution in [3.05, 3.63) is 69.2 Å². The molecule has 0 amide bonds. The van der Waals surface area contributed by atoms with E-state index in [1.165, 1.54) is 22.3 Å². The first-order chi connectivity index (χ1) is 9.49. The van der Waals surface area contributed by atoms with Gasteiger partial charge in [-0.2, -0.15) is 0 Å². The molecular formula is C18H22ClN. The third kappa shape index (κ3) is 3.41. The second-order valence-corrected chi connectivity index (χ2v) is 5.89. The van der Waals surface area contributed by atoms with Gasteiger partial charge in [0.25, 0.3) is 0 Å². The summed E-state index contributed by atoms with van der Waals surface area (Å²) < 4.78 is 0. The van der Waals surface area contributed by atoms with E-state index < -0.39 is 0 Å². The Hall–Kier alpha value is -1.31. The van der Waals surface area contributed by atoms with Crippen molar-refractivity contribution < 1.29 is 0 Å². The molecule has 0 aliphatic rings. The summed E-state index contributed by atoms with van der Waals surface area (Å²) in [5.41, 5.74) is 6.54. The normalized spacial score (nSPS) is 12.4. The number of nitrogens with one attached hydrogen (secondary N) is 1. The van der Waals surface area contributed by atoms with Crippen LogP contribution in [0.1, 0.15) is 40.8 Å². The molecule has 2 rings (SSSR count). The van der Waals surface area contributed by atoms with E-state index in [1.54, 1.807) is 0 Å². The summed E-state index contributed by atoms with van der Waals surface area (Å²) in [6.07, 6.45) is 0. The lowest BCUT2D eigenvalue weighted by Crippen LogP contribution is -2.19. The van der Waals surface area contributed by atoms with Gasteiger partial charge in [0.2, 0.25) is 0 Å². The van der Waals surface area contributed by atoms with Gasteiger partial charge in [-0.25, -0.2) is 0 Å². The van der Waals surface area contributed by atoms with Gasteiger partial charge in [0.05, 0.1) is 0 Å². The molecule has 0 aliphatic heterocycles. The maximum atomic E-state index is 6.24. The topological polar surface area (TPSA) is 12.0 Å². The average molecular weight is 288 g/mol. The van der Waals surface area contributed by atoms with Crippen molar-refractivity contribution in [2.24, 2.45) is 0 Å². The van der Waals surface area contributed by atoms with Crippen molar-refractivity contribution in [1.82, 2.24) is 5.32 Å².